The van der Waals surface area contributed by atoms with Crippen LogP contribution in [0.3, 0.4) is 0 Å². The summed E-state index contributed by atoms with van der Waals surface area (Å²) in [5.74, 6) is -1.13. The molecule has 0 radical (unpaired) electrons. The zero-order valence-electron chi connectivity index (χ0n) is 11.6. The zero-order chi connectivity index (χ0) is 16.3. The second-order valence-corrected chi connectivity index (χ2v) is 6.59. The fourth-order valence-corrected chi connectivity index (χ4v) is 3.17. The van der Waals surface area contributed by atoms with Gasteiger partial charge in [-0.3, -0.25) is 9.71 Å². The van der Waals surface area contributed by atoms with Gasteiger partial charge in [-0.1, -0.05) is 24.6 Å². The molecule has 8 heteroatoms. The topological polar surface area (TPSA) is 96.4 Å². The molecule has 0 atom stereocenters. The van der Waals surface area contributed by atoms with Gasteiger partial charge in [0.05, 0.1) is 16.3 Å². The van der Waals surface area contributed by atoms with Crippen molar-refractivity contribution in [3.8, 4) is 0 Å². The first kappa shape index (κ1) is 16.3. The van der Waals surface area contributed by atoms with Crippen molar-refractivity contribution in [1.82, 2.24) is 4.98 Å². The molecule has 1 heterocycles. The predicted octanol–water partition coefficient (Wildman–Crippen LogP) is 2.80. The Balaban J connectivity index is 2.44. The van der Waals surface area contributed by atoms with Crippen LogP contribution < -0.4 is 4.72 Å². The van der Waals surface area contributed by atoms with E-state index in [0.29, 0.717) is 12.0 Å². The van der Waals surface area contributed by atoms with Crippen molar-refractivity contribution in [3.05, 3.63) is 52.8 Å². The Labute approximate surface area is 132 Å². The van der Waals surface area contributed by atoms with Crippen LogP contribution in [0.25, 0.3) is 0 Å². The van der Waals surface area contributed by atoms with E-state index < -0.39 is 16.0 Å². The molecule has 0 aliphatic heterocycles. The van der Waals surface area contributed by atoms with Crippen molar-refractivity contribution in [2.45, 2.75) is 18.2 Å². The van der Waals surface area contributed by atoms with Crippen LogP contribution in [-0.2, 0) is 16.4 Å². The summed E-state index contributed by atoms with van der Waals surface area (Å²) in [7, 11) is -3.90. The van der Waals surface area contributed by atoms with Gasteiger partial charge in [0.15, 0.2) is 0 Å². The molecule has 0 amide bonds. The Kier molecular flexibility index (Phi) is 4.68. The standard InChI is InChI=1S/C14H13ClN2O4S/c1-2-9-3-4-10(14(18)19)5-13(9)17-22(20,21)12-6-11(15)7-16-8-12/h3-8,17H,2H2,1H3,(H,18,19). The molecule has 0 saturated heterocycles. The number of sulfonamides is 1. The van der Waals surface area contributed by atoms with E-state index >= 15 is 0 Å². The Morgan fingerprint density at radius 1 is 1.32 bits per heavy atom. The van der Waals surface area contributed by atoms with Crippen molar-refractivity contribution >= 4 is 33.3 Å². The Morgan fingerprint density at radius 3 is 2.64 bits per heavy atom. The number of nitrogens with zero attached hydrogens (tertiary/aromatic N) is 1. The quantitative estimate of drug-likeness (QED) is 0.872. The molecule has 0 spiro atoms. The zero-order valence-corrected chi connectivity index (χ0v) is 13.1. The number of rotatable bonds is 5. The summed E-state index contributed by atoms with van der Waals surface area (Å²) in [5, 5.41) is 9.21. The number of benzene rings is 1. The molecule has 2 N–H and O–H groups in total. The second kappa shape index (κ2) is 6.33. The number of carboxylic acid groups (broad SMARTS) is 1. The lowest BCUT2D eigenvalue weighted by Gasteiger charge is -2.12. The predicted molar refractivity (Wildman–Crippen MR) is 82.8 cm³/mol. The lowest BCUT2D eigenvalue weighted by atomic mass is 10.1. The average molecular weight is 341 g/mol. The normalized spacial score (nSPS) is 11.2. The number of carboxylic acids is 1. The monoisotopic (exact) mass is 340 g/mol. The van der Waals surface area contributed by atoms with Gasteiger partial charge in [0, 0.05) is 12.4 Å². The number of nitrogens with one attached hydrogen (secondary N) is 1. The van der Waals surface area contributed by atoms with Gasteiger partial charge in [-0.15, -0.1) is 0 Å². The molecular formula is C14H13ClN2O4S. The van der Waals surface area contributed by atoms with Gasteiger partial charge in [0.2, 0.25) is 0 Å². The number of aromatic carboxylic acids is 1. The molecule has 0 aliphatic rings. The highest BCUT2D eigenvalue weighted by Crippen LogP contribution is 2.23. The van der Waals surface area contributed by atoms with Gasteiger partial charge in [-0.2, -0.15) is 0 Å². The van der Waals surface area contributed by atoms with E-state index in [0.717, 1.165) is 0 Å². The fraction of sp³-hybridized carbons (Fsp3) is 0.143. The van der Waals surface area contributed by atoms with E-state index in [9.17, 15) is 13.2 Å². The van der Waals surface area contributed by atoms with Crippen LogP contribution in [-0.4, -0.2) is 24.5 Å². The fourth-order valence-electron chi connectivity index (χ4n) is 1.86. The first-order valence-corrected chi connectivity index (χ1v) is 8.19. The molecule has 0 fully saturated rings. The second-order valence-electron chi connectivity index (χ2n) is 4.47. The number of aromatic nitrogens is 1. The third-order valence-corrected chi connectivity index (χ3v) is 4.51. The van der Waals surface area contributed by atoms with Crippen LogP contribution >= 0.6 is 11.6 Å². The molecule has 1 aromatic heterocycles. The van der Waals surface area contributed by atoms with Crippen molar-refractivity contribution in [3.63, 3.8) is 0 Å². The van der Waals surface area contributed by atoms with E-state index in [1.165, 1.54) is 30.6 Å². The van der Waals surface area contributed by atoms with Crippen LogP contribution in [0.2, 0.25) is 5.02 Å². The van der Waals surface area contributed by atoms with Gasteiger partial charge in [-0.05, 0) is 30.2 Å². The summed E-state index contributed by atoms with van der Waals surface area (Å²) in [6.07, 6.45) is 3.04. The summed E-state index contributed by atoms with van der Waals surface area (Å²) in [6.45, 7) is 1.84. The molecule has 0 aliphatic carbocycles. The average Bonchev–Trinajstić information content (AvgIpc) is 2.46. The maximum absolute atomic E-state index is 12.3. The van der Waals surface area contributed by atoms with Crippen LogP contribution in [0, 0.1) is 0 Å². The first-order chi connectivity index (χ1) is 10.3. The Bertz CT molecular complexity index is 821. The highest BCUT2D eigenvalue weighted by atomic mass is 35.5. The number of aryl methyl sites for hydroxylation is 1. The molecule has 0 unspecified atom stereocenters. The van der Waals surface area contributed by atoms with E-state index in [1.54, 1.807) is 6.07 Å². The summed E-state index contributed by atoms with van der Waals surface area (Å²) < 4.78 is 27.1. The highest BCUT2D eigenvalue weighted by Gasteiger charge is 2.18. The molecular weight excluding hydrogens is 328 g/mol. The van der Waals surface area contributed by atoms with E-state index in [4.69, 9.17) is 16.7 Å². The number of hydrogen-bond acceptors (Lipinski definition) is 4. The molecule has 0 saturated carbocycles. The molecule has 22 heavy (non-hydrogen) atoms. The lowest BCUT2D eigenvalue weighted by molar-refractivity contribution is 0.0697. The lowest BCUT2D eigenvalue weighted by Crippen LogP contribution is -2.15. The minimum Gasteiger partial charge on any atom is -0.478 e. The summed E-state index contributed by atoms with van der Waals surface area (Å²) in [5.41, 5.74) is 0.907. The Hall–Kier alpha value is -2.12. The smallest absolute Gasteiger partial charge is 0.335 e. The Morgan fingerprint density at radius 2 is 2.05 bits per heavy atom. The number of halogens is 1. The minimum absolute atomic E-state index is 0.000816. The minimum atomic E-state index is -3.90. The maximum Gasteiger partial charge on any atom is 0.335 e. The summed E-state index contributed by atoms with van der Waals surface area (Å²) in [4.78, 5) is 14.7. The van der Waals surface area contributed by atoms with Gasteiger partial charge in [-0.25, -0.2) is 13.2 Å². The third kappa shape index (κ3) is 3.55. The molecule has 6 nitrogen and oxygen atoms in total. The van der Waals surface area contributed by atoms with Crippen LogP contribution in [0.15, 0.2) is 41.6 Å². The van der Waals surface area contributed by atoms with E-state index in [1.807, 2.05) is 6.92 Å². The maximum atomic E-state index is 12.3. The summed E-state index contributed by atoms with van der Waals surface area (Å²) in [6, 6.07) is 5.57. The number of anilines is 1. The van der Waals surface area contributed by atoms with Gasteiger partial charge in [0.1, 0.15) is 4.90 Å². The van der Waals surface area contributed by atoms with Crippen molar-refractivity contribution in [1.29, 1.82) is 0 Å². The van der Waals surface area contributed by atoms with Crippen molar-refractivity contribution in [2.24, 2.45) is 0 Å². The van der Waals surface area contributed by atoms with Gasteiger partial charge < -0.3 is 5.11 Å². The number of pyridine rings is 1. The van der Waals surface area contributed by atoms with Crippen molar-refractivity contribution < 1.29 is 18.3 Å². The third-order valence-electron chi connectivity index (χ3n) is 2.97. The number of hydrogen-bond donors (Lipinski definition) is 2. The largest absolute Gasteiger partial charge is 0.478 e. The number of carbonyl (C=O) groups is 1. The molecule has 0 bridgehead atoms. The van der Waals surface area contributed by atoms with Crippen LogP contribution in [0.4, 0.5) is 5.69 Å². The molecule has 2 aromatic rings. The van der Waals surface area contributed by atoms with Gasteiger partial charge in [0.25, 0.3) is 10.0 Å². The SMILES string of the molecule is CCc1ccc(C(=O)O)cc1NS(=O)(=O)c1cncc(Cl)c1. The summed E-state index contributed by atoms with van der Waals surface area (Å²) >= 11 is 5.75. The molecule has 116 valence electrons. The van der Waals surface area contributed by atoms with Gasteiger partial charge >= 0.3 is 5.97 Å². The van der Waals surface area contributed by atoms with Crippen molar-refractivity contribution in [2.75, 3.05) is 4.72 Å². The van der Waals surface area contributed by atoms with E-state index in [2.05, 4.69) is 9.71 Å². The molecule has 1 aromatic carbocycles. The molecule has 2 rings (SSSR count). The highest BCUT2D eigenvalue weighted by molar-refractivity contribution is 7.92. The van der Waals surface area contributed by atoms with Crippen LogP contribution in [0.5, 0.6) is 0 Å². The van der Waals surface area contributed by atoms with Crippen LogP contribution in [0.1, 0.15) is 22.8 Å². The van der Waals surface area contributed by atoms with E-state index in [-0.39, 0.29) is 21.2 Å². The first-order valence-electron chi connectivity index (χ1n) is 6.33.